The molecule has 2 heterocycles. The monoisotopic (exact) mass is 632 g/mol. The van der Waals surface area contributed by atoms with Crippen molar-refractivity contribution < 1.29 is 0 Å². The first-order valence-corrected chi connectivity index (χ1v) is 17.7. The molecule has 2 aromatic heterocycles. The van der Waals surface area contributed by atoms with Gasteiger partial charge in [0.25, 0.3) is 0 Å². The lowest BCUT2D eigenvalue weighted by Gasteiger charge is -2.19. The molecule has 0 saturated heterocycles. The van der Waals surface area contributed by atoms with Gasteiger partial charge in [-0.3, -0.25) is 0 Å². The van der Waals surface area contributed by atoms with Crippen LogP contribution in [0.5, 0.6) is 0 Å². The van der Waals surface area contributed by atoms with Crippen LogP contribution in [-0.4, -0.2) is 0 Å². The third-order valence-corrected chi connectivity index (χ3v) is 11.4. The fourth-order valence-electron chi connectivity index (χ4n) is 6.37. The van der Waals surface area contributed by atoms with Gasteiger partial charge in [-0.05, 0) is 50.3 Å². The summed E-state index contributed by atoms with van der Waals surface area (Å²) in [7, 11) is 0. The highest BCUT2D eigenvalue weighted by Gasteiger charge is 2.20. The summed E-state index contributed by atoms with van der Waals surface area (Å²) in [6.45, 7) is 13.7. The molecular weight excluding hydrogens is 593 g/mol. The molecule has 0 aliphatic carbocycles. The van der Waals surface area contributed by atoms with Crippen molar-refractivity contribution in [3.63, 3.8) is 0 Å². The Morgan fingerprint density at radius 1 is 0.391 bits per heavy atom. The Labute approximate surface area is 281 Å². The first-order chi connectivity index (χ1) is 22.1. The molecular formula is C44H40S2. The zero-order chi connectivity index (χ0) is 32.1. The number of rotatable bonds is 2. The van der Waals surface area contributed by atoms with Gasteiger partial charge in [0, 0.05) is 40.3 Å². The van der Waals surface area contributed by atoms with Gasteiger partial charge >= 0.3 is 0 Å². The Bertz CT molecular complexity index is 2300. The molecule has 8 aromatic rings. The molecule has 0 atom stereocenters. The predicted octanol–water partition coefficient (Wildman–Crippen LogP) is 14.0. The molecule has 8 rings (SSSR count). The summed E-state index contributed by atoms with van der Waals surface area (Å²) in [6.07, 6.45) is 0. The third kappa shape index (κ3) is 5.66. The summed E-state index contributed by atoms with van der Waals surface area (Å²) in [6, 6.07) is 48.4. The summed E-state index contributed by atoms with van der Waals surface area (Å²) in [5.41, 5.74) is 8.45. The van der Waals surface area contributed by atoms with Crippen molar-refractivity contribution in [3.8, 4) is 22.3 Å². The van der Waals surface area contributed by atoms with Gasteiger partial charge in [-0.15, -0.1) is 22.7 Å². The molecule has 6 aromatic carbocycles. The molecule has 0 aliphatic heterocycles. The van der Waals surface area contributed by atoms with Crippen molar-refractivity contribution >= 4 is 63.0 Å². The van der Waals surface area contributed by atoms with Crippen LogP contribution in [0.3, 0.4) is 0 Å². The van der Waals surface area contributed by atoms with Gasteiger partial charge in [-0.25, -0.2) is 0 Å². The Morgan fingerprint density at radius 2 is 0.891 bits per heavy atom. The molecule has 46 heavy (non-hydrogen) atoms. The van der Waals surface area contributed by atoms with Crippen molar-refractivity contribution in [3.05, 3.63) is 145 Å². The third-order valence-electron chi connectivity index (χ3n) is 8.87. The number of benzene rings is 6. The van der Waals surface area contributed by atoms with E-state index >= 15 is 0 Å². The van der Waals surface area contributed by atoms with Gasteiger partial charge in [0.05, 0.1) is 0 Å². The van der Waals surface area contributed by atoms with Crippen LogP contribution in [0.15, 0.2) is 133 Å². The van der Waals surface area contributed by atoms with Gasteiger partial charge in [-0.2, -0.15) is 0 Å². The van der Waals surface area contributed by atoms with E-state index in [9.17, 15) is 0 Å². The van der Waals surface area contributed by atoms with Crippen LogP contribution >= 0.6 is 22.7 Å². The van der Waals surface area contributed by atoms with Crippen LogP contribution in [-0.2, 0) is 10.8 Å². The fraction of sp³-hybridized carbons (Fsp3) is 0.182. The second-order valence-electron chi connectivity index (χ2n) is 14.2. The Kier molecular flexibility index (Phi) is 7.83. The molecule has 2 heteroatoms. The van der Waals surface area contributed by atoms with Gasteiger partial charge in [0.15, 0.2) is 0 Å². The average Bonchev–Trinajstić information content (AvgIpc) is 3.63. The number of hydrogen-bond donors (Lipinski definition) is 0. The van der Waals surface area contributed by atoms with E-state index in [0.29, 0.717) is 0 Å². The van der Waals surface area contributed by atoms with E-state index in [4.69, 9.17) is 0 Å². The second-order valence-corrected chi connectivity index (χ2v) is 16.3. The Balaban J connectivity index is 0.000000147. The van der Waals surface area contributed by atoms with Crippen LogP contribution in [0.4, 0.5) is 0 Å². The van der Waals surface area contributed by atoms with Gasteiger partial charge < -0.3 is 0 Å². The van der Waals surface area contributed by atoms with Crippen molar-refractivity contribution in [1.82, 2.24) is 0 Å². The lowest BCUT2D eigenvalue weighted by atomic mass is 9.86. The van der Waals surface area contributed by atoms with Gasteiger partial charge in [0.1, 0.15) is 0 Å². The van der Waals surface area contributed by atoms with Crippen LogP contribution in [0.25, 0.3) is 62.6 Å². The standard InChI is InChI=1S/2C22H20S/c1-22(2,3)19-14-8-13-18-17-12-7-11-16(20(17)23-21(18)19)15-9-5-4-6-10-15;1-22(2,3)16-12-13-18-19-11-7-10-17(15-8-5-4-6-9-15)21(19)23-20(18)14-16/h2*4-14H,1-3H3. The maximum absolute atomic E-state index is 2.37. The zero-order valence-corrected chi connectivity index (χ0v) is 29.2. The summed E-state index contributed by atoms with van der Waals surface area (Å²) >= 11 is 3.85. The molecule has 0 aliphatic rings. The molecule has 228 valence electrons. The van der Waals surface area contributed by atoms with E-state index in [1.165, 1.54) is 73.7 Å². The summed E-state index contributed by atoms with van der Waals surface area (Å²) in [5.74, 6) is 0. The molecule has 0 unspecified atom stereocenters. The highest BCUT2D eigenvalue weighted by atomic mass is 32.1. The van der Waals surface area contributed by atoms with E-state index in [0.717, 1.165) is 0 Å². The van der Waals surface area contributed by atoms with E-state index in [2.05, 4.69) is 175 Å². The minimum absolute atomic E-state index is 0.160. The van der Waals surface area contributed by atoms with E-state index in [1.807, 2.05) is 22.7 Å². The van der Waals surface area contributed by atoms with E-state index in [1.54, 1.807) is 0 Å². The SMILES string of the molecule is CC(C)(C)c1ccc2c(c1)sc1c(-c3ccccc3)cccc12.CC(C)(C)c1cccc2c1sc1c(-c3ccccc3)cccc12. The predicted molar refractivity (Wildman–Crippen MR) is 207 cm³/mol. The van der Waals surface area contributed by atoms with Gasteiger partial charge in [-0.1, -0.05) is 169 Å². The fourth-order valence-corrected chi connectivity index (χ4v) is 9.20. The van der Waals surface area contributed by atoms with Crippen LogP contribution in [0.1, 0.15) is 52.7 Å². The quantitative estimate of drug-likeness (QED) is 0.178. The molecule has 0 nitrogen and oxygen atoms in total. The number of thiophene rings is 2. The minimum Gasteiger partial charge on any atom is -0.135 e. The van der Waals surface area contributed by atoms with Crippen molar-refractivity contribution in [2.45, 2.75) is 52.4 Å². The number of hydrogen-bond acceptors (Lipinski definition) is 2. The Morgan fingerprint density at radius 3 is 1.43 bits per heavy atom. The molecule has 0 bridgehead atoms. The van der Waals surface area contributed by atoms with E-state index in [-0.39, 0.29) is 10.8 Å². The van der Waals surface area contributed by atoms with E-state index < -0.39 is 0 Å². The molecule has 0 radical (unpaired) electrons. The van der Waals surface area contributed by atoms with Crippen LogP contribution in [0.2, 0.25) is 0 Å². The van der Waals surface area contributed by atoms with Gasteiger partial charge in [0.2, 0.25) is 0 Å². The topological polar surface area (TPSA) is 0 Å². The molecule has 0 spiro atoms. The first-order valence-electron chi connectivity index (χ1n) is 16.1. The highest BCUT2D eigenvalue weighted by molar-refractivity contribution is 7.26. The first kappa shape index (κ1) is 30.4. The maximum Gasteiger partial charge on any atom is 0.0433 e. The van der Waals surface area contributed by atoms with Crippen molar-refractivity contribution in [1.29, 1.82) is 0 Å². The second kappa shape index (κ2) is 11.8. The highest BCUT2D eigenvalue weighted by Crippen LogP contribution is 2.44. The average molecular weight is 633 g/mol. The zero-order valence-electron chi connectivity index (χ0n) is 27.5. The summed E-state index contributed by atoms with van der Waals surface area (Å²) in [4.78, 5) is 0. The molecule has 0 fully saturated rings. The van der Waals surface area contributed by atoms with Crippen molar-refractivity contribution in [2.24, 2.45) is 0 Å². The normalized spacial score (nSPS) is 12.1. The Hall–Kier alpha value is -4.24. The lowest BCUT2D eigenvalue weighted by molar-refractivity contribution is 0.591. The molecule has 0 saturated carbocycles. The maximum atomic E-state index is 2.37. The smallest absolute Gasteiger partial charge is 0.0433 e. The van der Waals surface area contributed by atoms with Crippen LogP contribution < -0.4 is 0 Å². The number of fused-ring (bicyclic) bond motifs is 6. The lowest BCUT2D eigenvalue weighted by Crippen LogP contribution is -2.10. The molecule has 0 N–H and O–H groups in total. The van der Waals surface area contributed by atoms with Crippen molar-refractivity contribution in [2.75, 3.05) is 0 Å². The largest absolute Gasteiger partial charge is 0.135 e. The minimum atomic E-state index is 0.160. The summed E-state index contributed by atoms with van der Waals surface area (Å²) < 4.78 is 5.60. The molecule has 0 amide bonds. The summed E-state index contributed by atoms with van der Waals surface area (Å²) in [5, 5.41) is 5.50. The van der Waals surface area contributed by atoms with Crippen LogP contribution in [0, 0.1) is 0 Å².